The normalized spacial score (nSPS) is 25.0. The van der Waals surface area contributed by atoms with Crippen LogP contribution in [0.3, 0.4) is 0 Å². The summed E-state index contributed by atoms with van der Waals surface area (Å²) in [4.78, 5) is 30.1. The molecule has 1 aliphatic carbocycles. The van der Waals surface area contributed by atoms with Crippen LogP contribution in [0.25, 0.3) is 0 Å². The predicted octanol–water partition coefficient (Wildman–Crippen LogP) is 2.12. The first-order chi connectivity index (χ1) is 10.6. The van der Waals surface area contributed by atoms with Crippen molar-refractivity contribution in [3.8, 4) is 0 Å². The SMILES string of the molecule is O=C(Cc1cccnc1)N1CCC[C@@](CC2CC2)(C(=O)O)C1. The Morgan fingerprint density at radius 2 is 2.23 bits per heavy atom. The van der Waals surface area contributed by atoms with Crippen LogP contribution in [-0.4, -0.2) is 40.0 Å². The van der Waals surface area contributed by atoms with E-state index in [0.717, 1.165) is 31.2 Å². The summed E-state index contributed by atoms with van der Waals surface area (Å²) >= 11 is 0. The largest absolute Gasteiger partial charge is 0.481 e. The molecule has 118 valence electrons. The molecule has 0 unspecified atom stereocenters. The highest BCUT2D eigenvalue weighted by atomic mass is 16.4. The van der Waals surface area contributed by atoms with Crippen molar-refractivity contribution in [2.75, 3.05) is 13.1 Å². The number of hydrogen-bond donors (Lipinski definition) is 1. The first-order valence-corrected chi connectivity index (χ1v) is 7.99. The number of carboxylic acids is 1. The molecule has 5 heteroatoms. The van der Waals surface area contributed by atoms with E-state index in [4.69, 9.17) is 0 Å². The molecule has 1 saturated carbocycles. The minimum atomic E-state index is -0.738. The van der Waals surface area contributed by atoms with E-state index in [1.54, 1.807) is 17.3 Å². The Morgan fingerprint density at radius 1 is 1.41 bits per heavy atom. The van der Waals surface area contributed by atoms with Gasteiger partial charge in [0.25, 0.3) is 0 Å². The smallest absolute Gasteiger partial charge is 0.311 e. The number of aliphatic carboxylic acids is 1. The molecule has 0 spiro atoms. The lowest BCUT2D eigenvalue weighted by atomic mass is 9.75. The topological polar surface area (TPSA) is 70.5 Å². The lowest BCUT2D eigenvalue weighted by molar-refractivity contribution is -0.155. The zero-order valence-corrected chi connectivity index (χ0v) is 12.7. The molecule has 0 bridgehead atoms. The van der Waals surface area contributed by atoms with E-state index < -0.39 is 11.4 Å². The molecular formula is C17H22N2O3. The summed E-state index contributed by atoms with van der Waals surface area (Å²) in [6.07, 6.45) is 8.13. The molecule has 1 aliphatic heterocycles. The minimum absolute atomic E-state index is 0.00845. The van der Waals surface area contributed by atoms with Gasteiger partial charge in [0.1, 0.15) is 0 Å². The van der Waals surface area contributed by atoms with E-state index in [1.165, 1.54) is 0 Å². The number of nitrogens with zero attached hydrogens (tertiary/aromatic N) is 2. The Bertz CT molecular complexity index is 556. The van der Waals surface area contributed by atoms with Crippen molar-refractivity contribution in [1.29, 1.82) is 0 Å². The van der Waals surface area contributed by atoms with Gasteiger partial charge in [-0.1, -0.05) is 18.9 Å². The van der Waals surface area contributed by atoms with Crippen molar-refractivity contribution < 1.29 is 14.7 Å². The Labute approximate surface area is 130 Å². The summed E-state index contributed by atoms with van der Waals surface area (Å²) in [5, 5.41) is 9.71. The van der Waals surface area contributed by atoms with Crippen molar-refractivity contribution >= 4 is 11.9 Å². The van der Waals surface area contributed by atoms with Crippen molar-refractivity contribution in [1.82, 2.24) is 9.88 Å². The Balaban J connectivity index is 1.68. The third kappa shape index (κ3) is 3.29. The molecular weight excluding hydrogens is 280 g/mol. The van der Waals surface area contributed by atoms with Gasteiger partial charge in [-0.05, 0) is 36.8 Å². The summed E-state index contributed by atoms with van der Waals surface area (Å²) in [6.45, 7) is 1.02. The molecule has 1 amide bonds. The van der Waals surface area contributed by atoms with Crippen LogP contribution in [0.15, 0.2) is 24.5 Å². The van der Waals surface area contributed by atoms with Gasteiger partial charge in [-0.3, -0.25) is 14.6 Å². The van der Waals surface area contributed by atoms with E-state index in [0.29, 0.717) is 31.8 Å². The highest BCUT2D eigenvalue weighted by molar-refractivity contribution is 5.81. The fourth-order valence-electron chi connectivity index (χ4n) is 3.44. The zero-order chi connectivity index (χ0) is 15.6. The molecule has 2 aliphatic rings. The van der Waals surface area contributed by atoms with Crippen LogP contribution in [0, 0.1) is 11.3 Å². The van der Waals surface area contributed by atoms with Crippen molar-refractivity contribution in [3.05, 3.63) is 30.1 Å². The number of amides is 1. The molecule has 5 nitrogen and oxygen atoms in total. The number of pyridine rings is 1. The van der Waals surface area contributed by atoms with Crippen LogP contribution in [0.2, 0.25) is 0 Å². The average Bonchev–Trinajstić information content (AvgIpc) is 3.32. The fraction of sp³-hybridized carbons (Fsp3) is 0.588. The van der Waals surface area contributed by atoms with E-state index in [9.17, 15) is 14.7 Å². The number of carbonyl (C=O) groups is 2. The van der Waals surface area contributed by atoms with Crippen LogP contribution in [0.5, 0.6) is 0 Å². The number of carboxylic acid groups (broad SMARTS) is 1. The Morgan fingerprint density at radius 3 is 2.86 bits per heavy atom. The van der Waals surface area contributed by atoms with Crippen LogP contribution < -0.4 is 0 Å². The standard InChI is InChI=1S/C17H22N2O3/c20-15(9-14-3-1-7-18-11-14)19-8-2-6-17(12-19,16(21)22)10-13-4-5-13/h1,3,7,11,13H,2,4-6,8-10,12H2,(H,21,22)/t17-/m0/s1. The van der Waals surface area contributed by atoms with Gasteiger partial charge in [0.2, 0.25) is 5.91 Å². The molecule has 1 N–H and O–H groups in total. The quantitative estimate of drug-likeness (QED) is 0.904. The van der Waals surface area contributed by atoms with Gasteiger partial charge >= 0.3 is 5.97 Å². The summed E-state index contributed by atoms with van der Waals surface area (Å²) < 4.78 is 0. The minimum Gasteiger partial charge on any atom is -0.481 e. The molecule has 1 saturated heterocycles. The predicted molar refractivity (Wildman–Crippen MR) is 81.2 cm³/mol. The molecule has 22 heavy (non-hydrogen) atoms. The summed E-state index contributed by atoms with van der Waals surface area (Å²) in [5.74, 6) is -0.183. The molecule has 1 aromatic rings. The fourth-order valence-corrected chi connectivity index (χ4v) is 3.44. The zero-order valence-electron chi connectivity index (χ0n) is 12.7. The monoisotopic (exact) mass is 302 g/mol. The Hall–Kier alpha value is -1.91. The molecule has 2 heterocycles. The van der Waals surface area contributed by atoms with Crippen molar-refractivity contribution in [2.45, 2.75) is 38.5 Å². The third-order valence-electron chi connectivity index (χ3n) is 4.84. The highest BCUT2D eigenvalue weighted by Gasteiger charge is 2.46. The van der Waals surface area contributed by atoms with Gasteiger partial charge in [0.05, 0.1) is 11.8 Å². The van der Waals surface area contributed by atoms with E-state index in [-0.39, 0.29) is 5.91 Å². The van der Waals surface area contributed by atoms with Crippen LogP contribution in [-0.2, 0) is 16.0 Å². The second-order valence-corrected chi connectivity index (χ2v) is 6.69. The molecule has 3 rings (SSSR count). The molecule has 0 aromatic carbocycles. The Kier molecular flexibility index (Phi) is 4.14. The molecule has 1 atom stereocenters. The maximum Gasteiger partial charge on any atom is 0.311 e. The van der Waals surface area contributed by atoms with Crippen LogP contribution >= 0.6 is 0 Å². The number of carbonyl (C=O) groups excluding carboxylic acids is 1. The van der Waals surface area contributed by atoms with E-state index >= 15 is 0 Å². The molecule has 0 radical (unpaired) electrons. The summed E-state index contributed by atoms with van der Waals surface area (Å²) in [6, 6.07) is 3.69. The van der Waals surface area contributed by atoms with Crippen LogP contribution in [0.1, 0.15) is 37.7 Å². The number of hydrogen-bond acceptors (Lipinski definition) is 3. The number of piperidine rings is 1. The highest BCUT2D eigenvalue weighted by Crippen LogP contribution is 2.44. The van der Waals surface area contributed by atoms with Crippen molar-refractivity contribution in [2.24, 2.45) is 11.3 Å². The van der Waals surface area contributed by atoms with Gasteiger partial charge in [-0.2, -0.15) is 0 Å². The average molecular weight is 302 g/mol. The van der Waals surface area contributed by atoms with Gasteiger partial charge in [0.15, 0.2) is 0 Å². The third-order valence-corrected chi connectivity index (χ3v) is 4.84. The summed E-state index contributed by atoms with van der Waals surface area (Å²) in [7, 11) is 0. The molecule has 2 fully saturated rings. The lowest BCUT2D eigenvalue weighted by Crippen LogP contribution is -2.50. The first kappa shape index (κ1) is 15.0. The molecule has 1 aromatic heterocycles. The van der Waals surface area contributed by atoms with Crippen LogP contribution in [0.4, 0.5) is 0 Å². The van der Waals surface area contributed by atoms with Gasteiger partial charge in [-0.25, -0.2) is 0 Å². The van der Waals surface area contributed by atoms with E-state index in [2.05, 4.69) is 4.98 Å². The maximum absolute atomic E-state index is 12.5. The lowest BCUT2D eigenvalue weighted by Gasteiger charge is -2.40. The van der Waals surface area contributed by atoms with Gasteiger partial charge in [-0.15, -0.1) is 0 Å². The number of aromatic nitrogens is 1. The first-order valence-electron chi connectivity index (χ1n) is 7.99. The number of likely N-dealkylation sites (tertiary alicyclic amines) is 1. The summed E-state index contributed by atoms with van der Waals surface area (Å²) in [5.41, 5.74) is 0.144. The number of rotatable bonds is 5. The maximum atomic E-state index is 12.5. The van der Waals surface area contributed by atoms with E-state index in [1.807, 2.05) is 12.1 Å². The van der Waals surface area contributed by atoms with Gasteiger partial charge < -0.3 is 10.0 Å². The second-order valence-electron chi connectivity index (χ2n) is 6.69. The van der Waals surface area contributed by atoms with Crippen molar-refractivity contribution in [3.63, 3.8) is 0 Å². The van der Waals surface area contributed by atoms with Gasteiger partial charge in [0, 0.05) is 25.5 Å². The second kappa shape index (κ2) is 6.07.